The fourth-order valence-electron chi connectivity index (χ4n) is 2.05. The Bertz CT molecular complexity index is 514. The minimum absolute atomic E-state index is 0.0819. The van der Waals surface area contributed by atoms with Gasteiger partial charge in [-0.05, 0) is 46.6 Å². The summed E-state index contributed by atoms with van der Waals surface area (Å²) in [5.41, 5.74) is 0.736. The largest absolute Gasteiger partial charge is 0.493 e. The van der Waals surface area contributed by atoms with Crippen LogP contribution < -0.4 is 9.47 Å². The number of carboxylic acids is 1. The number of benzene rings is 1. The first-order chi connectivity index (χ1) is 10.4. The van der Waals surface area contributed by atoms with E-state index in [0.29, 0.717) is 17.6 Å². The second-order valence-corrected chi connectivity index (χ2v) is 5.45. The van der Waals surface area contributed by atoms with Crippen molar-refractivity contribution in [3.63, 3.8) is 0 Å². The van der Waals surface area contributed by atoms with E-state index < -0.39 is 12.6 Å². The van der Waals surface area contributed by atoms with Crippen molar-refractivity contribution >= 4 is 21.9 Å². The molecule has 22 heavy (non-hydrogen) atoms. The van der Waals surface area contributed by atoms with Gasteiger partial charge in [0.05, 0.1) is 18.1 Å². The Balaban J connectivity index is 2.99. The second kappa shape index (κ2) is 8.89. The van der Waals surface area contributed by atoms with Gasteiger partial charge in [0.15, 0.2) is 11.5 Å². The number of methoxy groups -OCH3 is 1. The molecule has 0 atom stereocenters. The zero-order chi connectivity index (χ0) is 16.7. The van der Waals surface area contributed by atoms with Crippen molar-refractivity contribution < 1.29 is 28.2 Å². The molecule has 0 aliphatic heterocycles. The zero-order valence-electron chi connectivity index (χ0n) is 12.3. The van der Waals surface area contributed by atoms with Gasteiger partial charge >= 0.3 is 12.6 Å². The fourth-order valence-corrected chi connectivity index (χ4v) is 2.63. The van der Waals surface area contributed by atoms with Crippen LogP contribution in [0.5, 0.6) is 11.5 Å². The molecule has 5 nitrogen and oxygen atoms in total. The van der Waals surface area contributed by atoms with Crippen LogP contribution in [0.2, 0.25) is 0 Å². The lowest BCUT2D eigenvalue weighted by Gasteiger charge is -2.21. The van der Waals surface area contributed by atoms with E-state index in [4.69, 9.17) is 9.84 Å². The molecular formula is C14H18BrF2NO4. The lowest BCUT2D eigenvalue weighted by atomic mass is 10.2. The van der Waals surface area contributed by atoms with E-state index in [2.05, 4.69) is 20.7 Å². The van der Waals surface area contributed by atoms with Crippen LogP contribution in [0, 0.1) is 0 Å². The van der Waals surface area contributed by atoms with Crippen LogP contribution in [0.4, 0.5) is 8.78 Å². The molecule has 0 amide bonds. The maximum Gasteiger partial charge on any atom is 0.387 e. The summed E-state index contributed by atoms with van der Waals surface area (Å²) in [6.45, 7) is -0.126. The third-order valence-electron chi connectivity index (χ3n) is 2.80. The van der Waals surface area contributed by atoms with Gasteiger partial charge in [-0.2, -0.15) is 8.78 Å². The fraction of sp³-hybridized carbons (Fsp3) is 0.500. The summed E-state index contributed by atoms with van der Waals surface area (Å²) in [7, 11) is 1.35. The second-order valence-electron chi connectivity index (χ2n) is 4.59. The number of hydrogen-bond acceptors (Lipinski definition) is 4. The predicted octanol–water partition coefficient (Wildman–Crippen LogP) is 3.36. The summed E-state index contributed by atoms with van der Waals surface area (Å²) in [5.74, 6) is -0.838. The van der Waals surface area contributed by atoms with Crippen molar-refractivity contribution in [3.8, 4) is 11.5 Å². The lowest BCUT2D eigenvalue weighted by molar-refractivity contribution is -0.138. The number of rotatable bonds is 9. The van der Waals surface area contributed by atoms with Gasteiger partial charge in [0.1, 0.15) is 0 Å². The molecule has 0 spiro atoms. The predicted molar refractivity (Wildman–Crippen MR) is 80.5 cm³/mol. The third kappa shape index (κ3) is 5.76. The molecule has 0 aromatic heterocycles. The van der Waals surface area contributed by atoms with Crippen molar-refractivity contribution in [2.75, 3.05) is 20.2 Å². The first-order valence-electron chi connectivity index (χ1n) is 6.62. The Morgan fingerprint density at radius 3 is 2.64 bits per heavy atom. The summed E-state index contributed by atoms with van der Waals surface area (Å²) in [4.78, 5) is 12.6. The van der Waals surface area contributed by atoms with Crippen LogP contribution in [0.3, 0.4) is 0 Å². The molecule has 8 heteroatoms. The van der Waals surface area contributed by atoms with Crippen LogP contribution in [0.1, 0.15) is 18.9 Å². The van der Waals surface area contributed by atoms with E-state index >= 15 is 0 Å². The van der Waals surface area contributed by atoms with E-state index in [9.17, 15) is 13.6 Å². The number of aliphatic carboxylic acids is 1. The van der Waals surface area contributed by atoms with Gasteiger partial charge in [-0.3, -0.25) is 9.69 Å². The first kappa shape index (κ1) is 18.6. The average molecular weight is 382 g/mol. The molecule has 0 aliphatic rings. The smallest absolute Gasteiger partial charge is 0.387 e. The van der Waals surface area contributed by atoms with Crippen molar-refractivity contribution in [1.29, 1.82) is 0 Å². The summed E-state index contributed by atoms with van der Waals surface area (Å²) in [6.07, 6.45) is 0.804. The number of hydrogen-bond donors (Lipinski definition) is 1. The minimum atomic E-state index is -2.96. The van der Waals surface area contributed by atoms with Crippen LogP contribution >= 0.6 is 15.9 Å². The standard InChI is InChI=1S/C14H18BrF2NO4/c1-3-4-18(8-12(19)20)7-9-5-10(15)13(22-14(16)17)11(6-9)21-2/h5-6,14H,3-4,7-8H2,1-2H3,(H,19,20). The highest BCUT2D eigenvalue weighted by Gasteiger charge is 2.17. The summed E-state index contributed by atoms with van der Waals surface area (Å²) in [6, 6.07) is 3.18. The molecule has 1 aromatic carbocycles. The summed E-state index contributed by atoms with van der Waals surface area (Å²) >= 11 is 3.17. The lowest BCUT2D eigenvalue weighted by Crippen LogP contribution is -2.30. The van der Waals surface area contributed by atoms with Crippen LogP contribution in [-0.2, 0) is 11.3 Å². The third-order valence-corrected chi connectivity index (χ3v) is 3.39. The topological polar surface area (TPSA) is 59.0 Å². The summed E-state index contributed by atoms with van der Waals surface area (Å²) in [5, 5.41) is 8.91. The Morgan fingerprint density at radius 2 is 2.14 bits per heavy atom. The maximum absolute atomic E-state index is 12.4. The van der Waals surface area contributed by atoms with Crippen LogP contribution in [0.25, 0.3) is 0 Å². The van der Waals surface area contributed by atoms with Crippen molar-refractivity contribution in [3.05, 3.63) is 22.2 Å². The van der Waals surface area contributed by atoms with Gasteiger partial charge in [0.25, 0.3) is 0 Å². The monoisotopic (exact) mass is 381 g/mol. The Labute approximate surface area is 135 Å². The molecule has 0 radical (unpaired) electrons. The molecule has 1 aromatic rings. The molecule has 1 N–H and O–H groups in total. The number of nitrogens with zero attached hydrogens (tertiary/aromatic N) is 1. The van der Waals surface area contributed by atoms with Crippen molar-refractivity contribution in [2.45, 2.75) is 26.5 Å². The van der Waals surface area contributed by atoms with Crippen LogP contribution in [0.15, 0.2) is 16.6 Å². The number of carbonyl (C=O) groups is 1. The molecule has 0 bridgehead atoms. The van der Waals surface area contributed by atoms with Gasteiger partial charge < -0.3 is 14.6 Å². The molecule has 0 aliphatic carbocycles. The molecule has 0 unspecified atom stereocenters. The number of carboxylic acid groups (broad SMARTS) is 1. The van der Waals surface area contributed by atoms with E-state index in [1.54, 1.807) is 17.0 Å². The summed E-state index contributed by atoms with van der Waals surface area (Å²) < 4.78 is 34.6. The Hall–Kier alpha value is -1.41. The zero-order valence-corrected chi connectivity index (χ0v) is 13.9. The molecule has 0 saturated carbocycles. The average Bonchev–Trinajstić information content (AvgIpc) is 2.40. The Morgan fingerprint density at radius 1 is 1.45 bits per heavy atom. The minimum Gasteiger partial charge on any atom is -0.493 e. The molecular weight excluding hydrogens is 364 g/mol. The van der Waals surface area contributed by atoms with E-state index in [1.165, 1.54) is 7.11 Å². The highest BCUT2D eigenvalue weighted by molar-refractivity contribution is 9.10. The molecule has 0 fully saturated rings. The highest BCUT2D eigenvalue weighted by atomic mass is 79.9. The van der Waals surface area contributed by atoms with Crippen molar-refractivity contribution in [2.24, 2.45) is 0 Å². The number of ether oxygens (including phenoxy) is 2. The number of alkyl halides is 2. The molecule has 0 saturated heterocycles. The van der Waals surface area contributed by atoms with Crippen LogP contribution in [-0.4, -0.2) is 42.8 Å². The first-order valence-corrected chi connectivity index (χ1v) is 7.42. The van der Waals surface area contributed by atoms with Crippen molar-refractivity contribution in [1.82, 2.24) is 4.90 Å². The van der Waals surface area contributed by atoms with Gasteiger partial charge in [-0.1, -0.05) is 6.92 Å². The van der Waals surface area contributed by atoms with Gasteiger partial charge in [-0.15, -0.1) is 0 Å². The normalized spacial score (nSPS) is 11.0. The molecule has 1 rings (SSSR count). The van der Waals surface area contributed by atoms with E-state index in [1.807, 2.05) is 6.92 Å². The highest BCUT2D eigenvalue weighted by Crippen LogP contribution is 2.37. The number of halogens is 3. The van der Waals surface area contributed by atoms with Gasteiger partial charge in [0, 0.05) is 6.54 Å². The van der Waals surface area contributed by atoms with E-state index in [-0.39, 0.29) is 18.0 Å². The SMILES string of the molecule is CCCN(CC(=O)O)Cc1cc(Br)c(OC(F)F)c(OC)c1. The van der Waals surface area contributed by atoms with Gasteiger partial charge in [-0.25, -0.2) is 0 Å². The van der Waals surface area contributed by atoms with Gasteiger partial charge in [0.2, 0.25) is 0 Å². The van der Waals surface area contributed by atoms with E-state index in [0.717, 1.165) is 12.0 Å². The quantitative estimate of drug-likeness (QED) is 0.710. The molecule has 0 heterocycles. The maximum atomic E-state index is 12.4. The Kier molecular flexibility index (Phi) is 7.53. The molecule has 124 valence electrons.